The topological polar surface area (TPSA) is 41.4 Å². The molecule has 24 heavy (non-hydrogen) atoms. The Morgan fingerprint density at radius 3 is 2.67 bits per heavy atom. The predicted molar refractivity (Wildman–Crippen MR) is 98.4 cm³/mol. The molecule has 1 saturated heterocycles. The van der Waals surface area contributed by atoms with E-state index in [0.717, 1.165) is 48.6 Å². The Kier molecular flexibility index (Phi) is 5.58. The summed E-state index contributed by atoms with van der Waals surface area (Å²) < 4.78 is 2.40. The Morgan fingerprint density at radius 2 is 2.04 bits per heavy atom. The first-order chi connectivity index (χ1) is 11.5. The molecule has 2 aromatic rings. The van der Waals surface area contributed by atoms with E-state index in [4.69, 9.17) is 11.6 Å². The number of aryl methyl sites for hydroxylation is 1. The van der Waals surface area contributed by atoms with Gasteiger partial charge in [0.25, 0.3) is 5.91 Å². The number of carbonyl (C=O) groups excluding carboxylic acids is 1. The number of hydrogen-bond acceptors (Lipinski definition) is 3. The van der Waals surface area contributed by atoms with Crippen molar-refractivity contribution in [3.63, 3.8) is 0 Å². The Labute approximate surface area is 155 Å². The van der Waals surface area contributed by atoms with Gasteiger partial charge in [-0.3, -0.25) is 14.4 Å². The summed E-state index contributed by atoms with van der Waals surface area (Å²) in [5.74, 6) is -0.00281. The van der Waals surface area contributed by atoms with Crippen molar-refractivity contribution in [3.05, 3.63) is 51.2 Å². The van der Waals surface area contributed by atoms with Crippen molar-refractivity contribution in [1.29, 1.82) is 0 Å². The van der Waals surface area contributed by atoms with E-state index in [-0.39, 0.29) is 5.91 Å². The molecule has 0 spiro atoms. The zero-order valence-corrected chi connectivity index (χ0v) is 15.9. The van der Waals surface area contributed by atoms with E-state index >= 15 is 0 Å². The lowest BCUT2D eigenvalue weighted by Crippen LogP contribution is -2.49. The molecule has 2 heterocycles. The van der Waals surface area contributed by atoms with Crippen LogP contribution in [-0.4, -0.2) is 58.2 Å². The fourth-order valence-corrected chi connectivity index (χ4v) is 3.67. The first kappa shape index (κ1) is 17.5. The van der Waals surface area contributed by atoms with E-state index in [9.17, 15) is 4.79 Å². The summed E-state index contributed by atoms with van der Waals surface area (Å²) in [6.45, 7) is 4.22. The van der Waals surface area contributed by atoms with Gasteiger partial charge < -0.3 is 4.90 Å². The Balaban J connectivity index is 1.50. The van der Waals surface area contributed by atoms with Crippen LogP contribution in [0.5, 0.6) is 0 Å². The van der Waals surface area contributed by atoms with Crippen LogP contribution in [0.3, 0.4) is 0 Å². The maximum atomic E-state index is 12.5. The van der Waals surface area contributed by atoms with Gasteiger partial charge in [-0.05, 0) is 40.0 Å². The first-order valence-corrected chi connectivity index (χ1v) is 9.15. The number of piperazine rings is 1. The van der Waals surface area contributed by atoms with Crippen LogP contribution in [0, 0.1) is 0 Å². The molecule has 1 amide bonds. The smallest absolute Gasteiger partial charge is 0.275 e. The third kappa shape index (κ3) is 4.18. The molecular weight excluding hydrogens is 392 g/mol. The van der Waals surface area contributed by atoms with Crippen molar-refractivity contribution in [2.75, 3.05) is 32.7 Å². The lowest BCUT2D eigenvalue weighted by atomic mass is 10.1. The van der Waals surface area contributed by atoms with Gasteiger partial charge in [0.2, 0.25) is 0 Å². The number of carbonyl (C=O) groups is 1. The highest BCUT2D eigenvalue weighted by atomic mass is 79.9. The number of nitrogens with zero attached hydrogens (tertiary/aromatic N) is 4. The molecule has 1 aromatic heterocycles. The Hall–Kier alpha value is -1.37. The van der Waals surface area contributed by atoms with Crippen LogP contribution in [0.1, 0.15) is 16.1 Å². The summed E-state index contributed by atoms with van der Waals surface area (Å²) in [5, 5.41) is 5.02. The average Bonchev–Trinajstić information content (AvgIpc) is 2.91. The molecule has 1 fully saturated rings. The van der Waals surface area contributed by atoms with Gasteiger partial charge in [0.15, 0.2) is 5.69 Å². The number of halogens is 2. The lowest BCUT2D eigenvalue weighted by Gasteiger charge is -2.34. The second-order valence-corrected chi connectivity index (χ2v) is 7.30. The Bertz CT molecular complexity index is 725. The van der Waals surface area contributed by atoms with Gasteiger partial charge in [-0.15, -0.1) is 0 Å². The molecule has 1 aliphatic heterocycles. The second-order valence-electron chi connectivity index (χ2n) is 6.01. The van der Waals surface area contributed by atoms with Crippen LogP contribution in [0.4, 0.5) is 0 Å². The van der Waals surface area contributed by atoms with Crippen molar-refractivity contribution in [1.82, 2.24) is 19.6 Å². The van der Waals surface area contributed by atoms with E-state index in [1.165, 1.54) is 5.56 Å². The van der Waals surface area contributed by atoms with Crippen LogP contribution in [0.2, 0.25) is 5.02 Å². The number of benzene rings is 1. The SMILES string of the molecule is Cn1cc(Br)c(C(=O)N2CCN(CCc3cccc(Cl)c3)CC2)n1. The lowest BCUT2D eigenvalue weighted by molar-refractivity contribution is 0.0631. The van der Waals surface area contributed by atoms with Gasteiger partial charge in [0.1, 0.15) is 0 Å². The van der Waals surface area contributed by atoms with E-state index in [0.29, 0.717) is 5.69 Å². The Morgan fingerprint density at radius 1 is 1.29 bits per heavy atom. The number of rotatable bonds is 4. The number of hydrogen-bond donors (Lipinski definition) is 0. The van der Waals surface area contributed by atoms with Crippen molar-refractivity contribution >= 4 is 33.4 Å². The van der Waals surface area contributed by atoms with Crippen molar-refractivity contribution in [3.8, 4) is 0 Å². The maximum Gasteiger partial charge on any atom is 0.275 e. The van der Waals surface area contributed by atoms with Crippen LogP contribution in [-0.2, 0) is 13.5 Å². The fourth-order valence-electron chi connectivity index (χ4n) is 2.91. The molecule has 1 aliphatic rings. The van der Waals surface area contributed by atoms with Gasteiger partial charge in [0.05, 0.1) is 4.47 Å². The third-order valence-electron chi connectivity index (χ3n) is 4.25. The third-order valence-corrected chi connectivity index (χ3v) is 5.07. The molecule has 5 nitrogen and oxygen atoms in total. The predicted octanol–water partition coefficient (Wildman–Crippen LogP) is 2.84. The van der Waals surface area contributed by atoms with Gasteiger partial charge >= 0.3 is 0 Å². The summed E-state index contributed by atoms with van der Waals surface area (Å²) >= 11 is 9.42. The van der Waals surface area contributed by atoms with Crippen LogP contribution < -0.4 is 0 Å². The van der Waals surface area contributed by atoms with Crippen molar-refractivity contribution in [2.45, 2.75) is 6.42 Å². The van der Waals surface area contributed by atoms with Crippen molar-refractivity contribution in [2.24, 2.45) is 7.05 Å². The largest absolute Gasteiger partial charge is 0.335 e. The molecule has 3 rings (SSSR count). The fraction of sp³-hybridized carbons (Fsp3) is 0.412. The summed E-state index contributed by atoms with van der Waals surface area (Å²) in [6.07, 6.45) is 2.77. The number of aromatic nitrogens is 2. The average molecular weight is 412 g/mol. The van der Waals surface area contributed by atoms with Crippen LogP contribution >= 0.6 is 27.5 Å². The molecule has 0 saturated carbocycles. The monoisotopic (exact) mass is 410 g/mol. The molecule has 0 bridgehead atoms. The number of amides is 1. The van der Waals surface area contributed by atoms with E-state index in [2.05, 4.69) is 32.0 Å². The highest BCUT2D eigenvalue weighted by Crippen LogP contribution is 2.17. The highest BCUT2D eigenvalue weighted by Gasteiger charge is 2.25. The maximum absolute atomic E-state index is 12.5. The highest BCUT2D eigenvalue weighted by molar-refractivity contribution is 9.10. The van der Waals surface area contributed by atoms with Crippen LogP contribution in [0.25, 0.3) is 0 Å². The normalized spacial score (nSPS) is 15.7. The molecule has 0 radical (unpaired) electrons. The minimum Gasteiger partial charge on any atom is -0.335 e. The van der Waals surface area contributed by atoms with E-state index in [1.807, 2.05) is 30.1 Å². The molecule has 0 aliphatic carbocycles. The molecule has 1 aromatic carbocycles. The second kappa shape index (κ2) is 7.68. The van der Waals surface area contributed by atoms with Gasteiger partial charge in [-0.2, -0.15) is 5.10 Å². The quantitative estimate of drug-likeness (QED) is 0.777. The minimum atomic E-state index is -0.00281. The molecule has 7 heteroatoms. The molecule has 0 unspecified atom stereocenters. The zero-order chi connectivity index (χ0) is 17.1. The van der Waals surface area contributed by atoms with E-state index in [1.54, 1.807) is 10.9 Å². The standard InChI is InChI=1S/C17H20BrClN4O/c1-21-12-15(18)16(20-21)17(24)23-9-7-22(8-10-23)6-5-13-3-2-4-14(19)11-13/h2-4,11-12H,5-10H2,1H3. The summed E-state index contributed by atoms with van der Waals surface area (Å²) in [5.41, 5.74) is 1.74. The van der Waals surface area contributed by atoms with Gasteiger partial charge in [0, 0.05) is 51.0 Å². The summed E-state index contributed by atoms with van der Waals surface area (Å²) in [6, 6.07) is 7.99. The van der Waals surface area contributed by atoms with E-state index < -0.39 is 0 Å². The summed E-state index contributed by atoms with van der Waals surface area (Å²) in [4.78, 5) is 16.8. The molecule has 0 N–H and O–H groups in total. The minimum absolute atomic E-state index is 0.00281. The van der Waals surface area contributed by atoms with Crippen molar-refractivity contribution < 1.29 is 4.79 Å². The molecule has 0 atom stereocenters. The molecule has 128 valence electrons. The van der Waals surface area contributed by atoms with Crippen LogP contribution in [0.15, 0.2) is 34.9 Å². The van der Waals surface area contributed by atoms with Gasteiger partial charge in [-0.1, -0.05) is 23.7 Å². The molecular formula is C17H20BrClN4O. The summed E-state index contributed by atoms with van der Waals surface area (Å²) in [7, 11) is 1.81. The first-order valence-electron chi connectivity index (χ1n) is 7.98. The zero-order valence-electron chi connectivity index (χ0n) is 13.6. The van der Waals surface area contributed by atoms with Gasteiger partial charge in [-0.25, -0.2) is 0 Å².